The van der Waals surface area contributed by atoms with E-state index in [1.54, 1.807) is 16.7 Å². The van der Waals surface area contributed by atoms with E-state index in [-0.39, 0.29) is 50.1 Å². The lowest BCUT2D eigenvalue weighted by Crippen LogP contribution is -2.79. The van der Waals surface area contributed by atoms with Gasteiger partial charge in [-0.3, -0.25) is 40.1 Å². The van der Waals surface area contributed by atoms with Crippen LogP contribution in [-0.2, 0) is 14.4 Å². The van der Waals surface area contributed by atoms with Crippen LogP contribution in [-0.4, -0.2) is 149 Å². The van der Waals surface area contributed by atoms with Crippen LogP contribution < -0.4 is 26.6 Å². The van der Waals surface area contributed by atoms with Gasteiger partial charge in [0.05, 0.1) is 42.2 Å². The van der Waals surface area contributed by atoms with Crippen LogP contribution in [0.3, 0.4) is 0 Å². The fourth-order valence-corrected chi connectivity index (χ4v) is 8.31. The summed E-state index contributed by atoms with van der Waals surface area (Å²) in [5.41, 5.74) is 0. The van der Waals surface area contributed by atoms with E-state index < -0.39 is 78.0 Å². The fourth-order valence-electron chi connectivity index (χ4n) is 7.90. The average molecular weight is 713 g/mol. The molecule has 0 aromatic carbocycles. The molecule has 0 spiro atoms. The molecule has 11 atom stereocenters. The number of carbonyl (C=O) groups is 3. The van der Waals surface area contributed by atoms with Crippen LogP contribution in [0.25, 0.3) is 0 Å². The number of fused-ring (bicyclic) bond motifs is 1. The summed E-state index contributed by atoms with van der Waals surface area (Å²) < 4.78 is 66.3. The largest absolute Gasteiger partial charge is 0.391 e. The van der Waals surface area contributed by atoms with Gasteiger partial charge in [0.15, 0.2) is 5.78 Å². The summed E-state index contributed by atoms with van der Waals surface area (Å²) in [6.07, 6.45) is -7.22. The molecule has 4 heterocycles. The smallest absolute Gasteiger partial charge is 0.389 e. The molecule has 18 heteroatoms. The first-order valence-electron chi connectivity index (χ1n) is 16.7. The maximum Gasteiger partial charge on any atom is 0.391 e. The molecule has 0 radical (unpaired) electrons. The van der Waals surface area contributed by atoms with Gasteiger partial charge in [-0.2, -0.15) is 22.0 Å². The van der Waals surface area contributed by atoms with E-state index in [0.29, 0.717) is 39.3 Å². The zero-order valence-corrected chi connectivity index (χ0v) is 27.7. The van der Waals surface area contributed by atoms with Crippen molar-refractivity contribution in [3.63, 3.8) is 0 Å². The number of nitrogens with zero attached hydrogens (tertiary/aromatic N) is 3. The predicted molar refractivity (Wildman–Crippen MR) is 166 cm³/mol. The van der Waals surface area contributed by atoms with Crippen LogP contribution in [0.2, 0.25) is 0 Å². The van der Waals surface area contributed by atoms with Crippen LogP contribution in [0, 0.1) is 5.92 Å². The number of aliphatic hydroxyl groups is 1. The van der Waals surface area contributed by atoms with Crippen LogP contribution in [0.4, 0.5) is 22.0 Å². The van der Waals surface area contributed by atoms with Gasteiger partial charge in [-0.15, -0.1) is 11.6 Å². The van der Waals surface area contributed by atoms with Crippen molar-refractivity contribution in [2.75, 3.05) is 45.9 Å². The second-order valence-corrected chi connectivity index (χ2v) is 14.1. The molecule has 0 bridgehead atoms. The molecule has 5 aliphatic rings. The molecule has 11 unspecified atom stereocenters. The SMILES string of the molecule is CCC1C(N2CCN(C(=O)C3NCNC(C)C3O)CC2)C(=O)C2NCC(C=C(F)F)NC2N1CC(=O)NC1CCC(C(F)(F)F)CC1Cl. The number of piperazine rings is 2. The van der Waals surface area contributed by atoms with Crippen molar-refractivity contribution < 1.29 is 41.4 Å². The molecule has 4 aliphatic heterocycles. The molecule has 5 rings (SSSR count). The Bertz CT molecular complexity index is 1210. The molecular formula is C30H46ClF5N8O4. The van der Waals surface area contributed by atoms with E-state index in [1.165, 1.54) is 0 Å². The predicted octanol–water partition coefficient (Wildman–Crippen LogP) is -0.0781. The minimum atomic E-state index is -4.37. The van der Waals surface area contributed by atoms with Gasteiger partial charge in [-0.05, 0) is 38.7 Å². The maximum atomic E-state index is 14.1. The Morgan fingerprint density at radius 2 is 1.81 bits per heavy atom. The molecule has 272 valence electrons. The molecule has 5 fully saturated rings. The van der Waals surface area contributed by atoms with Crippen LogP contribution in [0.1, 0.15) is 39.5 Å². The molecule has 2 amide bonds. The minimum Gasteiger partial charge on any atom is -0.389 e. The summed E-state index contributed by atoms with van der Waals surface area (Å²) >= 11 is 6.32. The highest BCUT2D eigenvalue weighted by Gasteiger charge is 2.53. The molecule has 6 N–H and O–H groups in total. The highest BCUT2D eigenvalue weighted by atomic mass is 35.5. The van der Waals surface area contributed by atoms with E-state index in [4.69, 9.17) is 11.6 Å². The van der Waals surface area contributed by atoms with Crippen molar-refractivity contribution in [2.45, 2.75) is 106 Å². The van der Waals surface area contributed by atoms with Crippen LogP contribution in [0.5, 0.6) is 0 Å². The normalized spacial score (nSPS) is 38.6. The van der Waals surface area contributed by atoms with Gasteiger partial charge < -0.3 is 20.6 Å². The van der Waals surface area contributed by atoms with Gasteiger partial charge in [0, 0.05) is 63.6 Å². The zero-order chi connectivity index (χ0) is 34.9. The number of hydrogen-bond acceptors (Lipinski definition) is 10. The number of amides is 2. The molecule has 1 aliphatic carbocycles. The third kappa shape index (κ3) is 8.14. The van der Waals surface area contributed by atoms with Gasteiger partial charge >= 0.3 is 6.18 Å². The molecule has 0 aromatic rings. The first-order valence-corrected chi connectivity index (χ1v) is 17.1. The first-order chi connectivity index (χ1) is 22.7. The van der Waals surface area contributed by atoms with Gasteiger partial charge in [0.2, 0.25) is 11.8 Å². The van der Waals surface area contributed by atoms with E-state index in [0.717, 1.165) is 6.08 Å². The Balaban J connectivity index is 1.30. The Hall–Kier alpha value is -1.99. The monoisotopic (exact) mass is 712 g/mol. The molecule has 12 nitrogen and oxygen atoms in total. The number of rotatable bonds is 7. The summed E-state index contributed by atoms with van der Waals surface area (Å²) in [7, 11) is 0. The number of nitrogens with one attached hydrogen (secondary N) is 5. The number of likely N-dealkylation sites (tertiary alicyclic amines) is 1. The number of piperidine rings is 1. The molecular weight excluding hydrogens is 667 g/mol. The molecule has 1 saturated carbocycles. The fraction of sp³-hybridized carbons (Fsp3) is 0.833. The quantitative estimate of drug-likeness (QED) is 0.157. The average Bonchev–Trinajstić information content (AvgIpc) is 3.03. The lowest BCUT2D eigenvalue weighted by molar-refractivity contribution is -0.182. The van der Waals surface area contributed by atoms with Crippen molar-refractivity contribution >= 4 is 29.2 Å². The van der Waals surface area contributed by atoms with Gasteiger partial charge in [-0.25, -0.2) is 0 Å². The Morgan fingerprint density at radius 1 is 1.10 bits per heavy atom. The van der Waals surface area contributed by atoms with E-state index >= 15 is 0 Å². The summed E-state index contributed by atoms with van der Waals surface area (Å²) in [6, 6.07) is -4.56. The van der Waals surface area contributed by atoms with Crippen LogP contribution >= 0.6 is 11.6 Å². The number of aliphatic hydroxyl groups excluding tert-OH is 1. The highest BCUT2D eigenvalue weighted by molar-refractivity contribution is 6.21. The van der Waals surface area contributed by atoms with E-state index in [1.807, 2.05) is 11.8 Å². The molecule has 48 heavy (non-hydrogen) atoms. The van der Waals surface area contributed by atoms with Crippen LogP contribution in [0.15, 0.2) is 12.2 Å². The lowest BCUT2D eigenvalue weighted by atomic mass is 9.84. The first kappa shape index (κ1) is 37.3. The number of Topliss-reactive ketones (excluding diaryl/α,β-unsaturated/α-hetero) is 1. The summed E-state index contributed by atoms with van der Waals surface area (Å²) in [5.74, 6) is -2.41. The number of ketones is 1. The van der Waals surface area contributed by atoms with Gasteiger partial charge in [0.25, 0.3) is 6.08 Å². The van der Waals surface area contributed by atoms with Gasteiger partial charge in [0.1, 0.15) is 6.04 Å². The topological polar surface area (TPSA) is 141 Å². The van der Waals surface area contributed by atoms with Crippen molar-refractivity contribution in [3.8, 4) is 0 Å². The third-order valence-electron chi connectivity index (χ3n) is 10.5. The maximum absolute atomic E-state index is 14.1. The summed E-state index contributed by atoms with van der Waals surface area (Å²) in [5, 5.41) is 24.7. The Morgan fingerprint density at radius 3 is 2.44 bits per heavy atom. The second-order valence-electron chi connectivity index (χ2n) is 13.5. The van der Waals surface area contributed by atoms with Crippen molar-refractivity contribution in [2.24, 2.45) is 5.92 Å². The lowest BCUT2D eigenvalue weighted by Gasteiger charge is -2.55. The summed E-state index contributed by atoms with van der Waals surface area (Å²) in [4.78, 5) is 46.3. The molecule has 0 aromatic heterocycles. The zero-order valence-electron chi connectivity index (χ0n) is 27.0. The van der Waals surface area contributed by atoms with E-state index in [2.05, 4.69) is 26.6 Å². The number of halogens is 6. The minimum absolute atomic E-state index is 0.0520. The number of hydrogen-bond donors (Lipinski definition) is 6. The second kappa shape index (κ2) is 15.5. The van der Waals surface area contributed by atoms with Crippen molar-refractivity contribution in [1.29, 1.82) is 0 Å². The Kier molecular flexibility index (Phi) is 12.0. The number of carbonyl (C=O) groups excluding carboxylic acids is 3. The molecule has 4 saturated heterocycles. The van der Waals surface area contributed by atoms with Gasteiger partial charge in [-0.1, -0.05) is 6.92 Å². The van der Waals surface area contributed by atoms with E-state index in [9.17, 15) is 41.4 Å². The third-order valence-corrected chi connectivity index (χ3v) is 11.0. The van der Waals surface area contributed by atoms with Crippen molar-refractivity contribution in [3.05, 3.63) is 12.2 Å². The Labute approximate surface area is 281 Å². The standard InChI is InChI=1S/C30H46ClF5N8O4/c1-3-20-25(42-6-8-43(9-7-42)29(48)24-26(46)15(2)38-14-39-24)27(47)23-28(40-17(12-37-23)11-21(32)33)44(20)13-22(45)41-19-5-4-16(10-18(19)31)30(34,35)36/h11,15-20,23-26,28,37-40,46H,3-10,12-14H2,1-2H3,(H,41,45). The summed E-state index contributed by atoms with van der Waals surface area (Å²) in [6.45, 7) is 5.19. The van der Waals surface area contributed by atoms with Crippen molar-refractivity contribution in [1.82, 2.24) is 41.3 Å². The highest BCUT2D eigenvalue weighted by Crippen LogP contribution is 2.39. The number of alkyl halides is 4.